The van der Waals surface area contributed by atoms with Crippen molar-refractivity contribution in [1.82, 2.24) is 14.0 Å². The van der Waals surface area contributed by atoms with Crippen molar-refractivity contribution < 1.29 is 4.92 Å². The Labute approximate surface area is 168 Å². The number of piperazine rings is 1. The molecule has 3 aromatic rings. The molecule has 0 atom stereocenters. The minimum absolute atomic E-state index is 0.129. The number of nitro benzene ring substituents is 1. The molecular formula is C20H23N5O2S. The molecule has 1 aromatic heterocycles. The molecule has 1 saturated heterocycles. The number of nitro groups is 1. The number of fused-ring (bicyclic) bond motifs is 1. The molecule has 1 aliphatic heterocycles. The van der Waals surface area contributed by atoms with Crippen molar-refractivity contribution in [2.75, 3.05) is 31.1 Å². The van der Waals surface area contributed by atoms with Crippen molar-refractivity contribution in [1.29, 1.82) is 0 Å². The topological polar surface area (TPSA) is 59.5 Å². The zero-order chi connectivity index (χ0) is 19.7. The molecular weight excluding hydrogens is 374 g/mol. The smallest absolute Gasteiger partial charge is 0.269 e. The fraction of sp³-hybridized carbons (Fsp3) is 0.350. The first-order valence-corrected chi connectivity index (χ1v) is 9.89. The Bertz CT molecular complexity index is 1050. The van der Waals surface area contributed by atoms with Crippen molar-refractivity contribution in [2.45, 2.75) is 20.1 Å². The van der Waals surface area contributed by atoms with Gasteiger partial charge in [-0.2, -0.15) is 0 Å². The third kappa shape index (κ3) is 3.41. The highest BCUT2D eigenvalue weighted by molar-refractivity contribution is 7.71. The van der Waals surface area contributed by atoms with E-state index in [2.05, 4.69) is 50.1 Å². The van der Waals surface area contributed by atoms with Gasteiger partial charge in [0.05, 0.1) is 22.6 Å². The Morgan fingerprint density at radius 3 is 2.14 bits per heavy atom. The average Bonchev–Trinajstić information content (AvgIpc) is 2.99. The van der Waals surface area contributed by atoms with Gasteiger partial charge >= 0.3 is 0 Å². The van der Waals surface area contributed by atoms with Crippen LogP contribution in [-0.2, 0) is 13.2 Å². The molecule has 2 heterocycles. The second kappa shape index (κ2) is 7.73. The molecule has 0 unspecified atom stereocenters. The second-order valence-electron chi connectivity index (χ2n) is 6.96. The van der Waals surface area contributed by atoms with Crippen LogP contribution in [0.2, 0.25) is 0 Å². The fourth-order valence-corrected chi connectivity index (χ4v) is 4.23. The van der Waals surface area contributed by atoms with Gasteiger partial charge in [-0.1, -0.05) is 12.1 Å². The van der Waals surface area contributed by atoms with E-state index < -0.39 is 0 Å². The maximum atomic E-state index is 10.8. The number of benzene rings is 2. The molecule has 7 nitrogen and oxygen atoms in total. The van der Waals surface area contributed by atoms with E-state index in [4.69, 9.17) is 12.2 Å². The van der Waals surface area contributed by atoms with Crippen LogP contribution in [0.15, 0.2) is 48.5 Å². The molecule has 4 rings (SSSR count). The molecule has 0 bridgehead atoms. The van der Waals surface area contributed by atoms with E-state index in [0.29, 0.717) is 0 Å². The molecule has 0 N–H and O–H groups in total. The van der Waals surface area contributed by atoms with Gasteiger partial charge in [0, 0.05) is 50.5 Å². The lowest BCUT2D eigenvalue weighted by molar-refractivity contribution is -0.384. The Balaban J connectivity index is 1.47. The molecule has 2 aromatic carbocycles. The van der Waals surface area contributed by atoms with Crippen molar-refractivity contribution in [2.24, 2.45) is 0 Å². The molecule has 0 saturated carbocycles. The quantitative estimate of drug-likeness (QED) is 0.371. The Hall–Kier alpha value is -2.71. The molecule has 8 heteroatoms. The minimum atomic E-state index is -0.363. The van der Waals surface area contributed by atoms with Gasteiger partial charge < -0.3 is 14.0 Å². The molecule has 0 amide bonds. The number of rotatable bonds is 5. The maximum absolute atomic E-state index is 10.8. The van der Waals surface area contributed by atoms with Crippen molar-refractivity contribution in [3.05, 3.63) is 63.4 Å². The van der Waals surface area contributed by atoms with E-state index in [-0.39, 0.29) is 10.6 Å². The molecule has 1 aliphatic rings. The predicted octanol–water partition coefficient (Wildman–Crippen LogP) is 3.88. The SMILES string of the molecule is CCn1c(=S)n(CN2CCN(c3ccc([N+](=O)[O-])cc3)CC2)c2ccccc21. The van der Waals surface area contributed by atoms with Crippen LogP contribution >= 0.6 is 12.2 Å². The Kier molecular flexibility index (Phi) is 5.15. The lowest BCUT2D eigenvalue weighted by Crippen LogP contribution is -2.46. The standard InChI is InChI=1S/C20H23N5O2S/c1-2-23-18-5-3-4-6-19(18)24(20(23)28)15-21-11-13-22(14-12-21)16-7-9-17(10-8-16)25(26)27/h3-10H,2,11-15H2,1H3. The van der Waals surface area contributed by atoms with E-state index >= 15 is 0 Å². The number of anilines is 1. The van der Waals surface area contributed by atoms with Gasteiger partial charge in [0.15, 0.2) is 4.77 Å². The summed E-state index contributed by atoms with van der Waals surface area (Å²) in [6.45, 7) is 7.38. The van der Waals surface area contributed by atoms with Crippen LogP contribution in [0.4, 0.5) is 11.4 Å². The summed E-state index contributed by atoms with van der Waals surface area (Å²) in [5.74, 6) is 0. The van der Waals surface area contributed by atoms with Crippen molar-refractivity contribution in [3.63, 3.8) is 0 Å². The van der Waals surface area contributed by atoms with Crippen LogP contribution < -0.4 is 4.90 Å². The number of imidazole rings is 1. The zero-order valence-corrected chi connectivity index (χ0v) is 16.6. The number of para-hydroxylation sites is 2. The number of hydrogen-bond donors (Lipinski definition) is 0. The maximum Gasteiger partial charge on any atom is 0.269 e. The third-order valence-electron chi connectivity index (χ3n) is 5.38. The summed E-state index contributed by atoms with van der Waals surface area (Å²) in [7, 11) is 0. The molecule has 1 fully saturated rings. The molecule has 28 heavy (non-hydrogen) atoms. The van der Waals surface area contributed by atoms with Crippen LogP contribution in [0, 0.1) is 14.9 Å². The minimum Gasteiger partial charge on any atom is -0.369 e. The number of non-ortho nitro benzene ring substituents is 1. The van der Waals surface area contributed by atoms with Gasteiger partial charge in [0.25, 0.3) is 5.69 Å². The van der Waals surface area contributed by atoms with Gasteiger partial charge in [0.2, 0.25) is 0 Å². The third-order valence-corrected chi connectivity index (χ3v) is 5.82. The predicted molar refractivity (Wildman–Crippen MR) is 113 cm³/mol. The van der Waals surface area contributed by atoms with Gasteiger partial charge in [-0.05, 0) is 43.4 Å². The first-order valence-electron chi connectivity index (χ1n) is 9.48. The summed E-state index contributed by atoms with van der Waals surface area (Å²) in [5.41, 5.74) is 3.51. The van der Waals surface area contributed by atoms with Crippen LogP contribution in [0.1, 0.15) is 6.92 Å². The molecule has 146 valence electrons. The summed E-state index contributed by atoms with van der Waals surface area (Å²) in [5, 5.41) is 10.8. The first-order chi connectivity index (χ1) is 13.6. The highest BCUT2D eigenvalue weighted by Crippen LogP contribution is 2.22. The number of nitrogens with zero attached hydrogens (tertiary/aromatic N) is 5. The van der Waals surface area contributed by atoms with E-state index in [1.165, 1.54) is 11.0 Å². The lowest BCUT2D eigenvalue weighted by Gasteiger charge is -2.36. The monoisotopic (exact) mass is 397 g/mol. The molecule has 0 spiro atoms. The van der Waals surface area contributed by atoms with E-state index in [1.54, 1.807) is 12.1 Å². The highest BCUT2D eigenvalue weighted by atomic mass is 32.1. The van der Waals surface area contributed by atoms with E-state index in [9.17, 15) is 10.1 Å². The summed E-state index contributed by atoms with van der Waals surface area (Å²) >= 11 is 5.73. The van der Waals surface area contributed by atoms with Gasteiger partial charge in [-0.15, -0.1) is 0 Å². The summed E-state index contributed by atoms with van der Waals surface area (Å²) < 4.78 is 5.26. The zero-order valence-electron chi connectivity index (χ0n) is 15.8. The highest BCUT2D eigenvalue weighted by Gasteiger charge is 2.19. The fourth-order valence-electron chi connectivity index (χ4n) is 3.85. The van der Waals surface area contributed by atoms with Crippen LogP contribution in [0.3, 0.4) is 0 Å². The van der Waals surface area contributed by atoms with Crippen molar-refractivity contribution >= 4 is 34.6 Å². The van der Waals surface area contributed by atoms with E-state index in [0.717, 1.165) is 49.9 Å². The molecule has 0 aliphatic carbocycles. The number of aromatic nitrogens is 2. The average molecular weight is 398 g/mol. The van der Waals surface area contributed by atoms with Gasteiger partial charge in [0.1, 0.15) is 0 Å². The largest absolute Gasteiger partial charge is 0.369 e. The van der Waals surface area contributed by atoms with Gasteiger partial charge in [-0.3, -0.25) is 15.0 Å². The van der Waals surface area contributed by atoms with E-state index in [1.807, 2.05) is 12.1 Å². The number of hydrogen-bond acceptors (Lipinski definition) is 5. The van der Waals surface area contributed by atoms with Gasteiger partial charge in [-0.25, -0.2) is 0 Å². The van der Waals surface area contributed by atoms with Crippen LogP contribution in [0.25, 0.3) is 11.0 Å². The lowest BCUT2D eigenvalue weighted by atomic mass is 10.2. The normalized spacial score (nSPS) is 15.2. The summed E-state index contributed by atoms with van der Waals surface area (Å²) in [6.07, 6.45) is 0. The summed E-state index contributed by atoms with van der Waals surface area (Å²) in [4.78, 5) is 15.1. The second-order valence-corrected chi connectivity index (χ2v) is 7.33. The van der Waals surface area contributed by atoms with Crippen molar-refractivity contribution in [3.8, 4) is 0 Å². The van der Waals surface area contributed by atoms with Crippen LogP contribution in [0.5, 0.6) is 0 Å². The summed E-state index contributed by atoms with van der Waals surface area (Å²) in [6, 6.07) is 15.2. The Morgan fingerprint density at radius 1 is 0.964 bits per heavy atom. The van der Waals surface area contributed by atoms with Crippen LogP contribution in [-0.4, -0.2) is 45.1 Å². The Morgan fingerprint density at radius 2 is 1.57 bits per heavy atom. The number of aryl methyl sites for hydroxylation is 1. The molecule has 0 radical (unpaired) electrons. The first kappa shape index (κ1) is 18.6.